The van der Waals surface area contributed by atoms with Gasteiger partial charge < -0.3 is 20.1 Å². The molecule has 7 nitrogen and oxygen atoms in total. The molecule has 7 heteroatoms. The SMILES string of the molecule is CCOc1c(NCCCNC(=O)OC(C)(C)C)c(=O)c1=O. The van der Waals surface area contributed by atoms with Crippen LogP contribution >= 0.6 is 0 Å². The van der Waals surface area contributed by atoms with Gasteiger partial charge in [-0.3, -0.25) is 9.59 Å². The van der Waals surface area contributed by atoms with Gasteiger partial charge in [0.25, 0.3) is 10.9 Å². The predicted octanol–water partition coefficient (Wildman–Crippen LogP) is 1.01. The third-order valence-corrected chi connectivity index (χ3v) is 2.48. The van der Waals surface area contributed by atoms with Crippen LogP contribution < -0.4 is 26.2 Å². The zero-order chi connectivity index (χ0) is 16.0. The molecule has 1 aromatic rings. The quantitative estimate of drug-likeness (QED) is 0.576. The second-order valence-electron chi connectivity index (χ2n) is 5.50. The van der Waals surface area contributed by atoms with Crippen LogP contribution in [0.4, 0.5) is 10.5 Å². The Labute approximate surface area is 123 Å². The van der Waals surface area contributed by atoms with E-state index in [1.807, 2.05) is 0 Å². The summed E-state index contributed by atoms with van der Waals surface area (Å²) in [5.41, 5.74) is -1.46. The maximum absolute atomic E-state index is 11.4. The van der Waals surface area contributed by atoms with Crippen LogP contribution in [-0.4, -0.2) is 31.4 Å². The molecule has 0 aliphatic rings. The summed E-state index contributed by atoms with van der Waals surface area (Å²) in [4.78, 5) is 33.9. The van der Waals surface area contributed by atoms with Gasteiger partial charge in [0, 0.05) is 13.1 Å². The number of ether oxygens (including phenoxy) is 2. The minimum Gasteiger partial charge on any atom is -0.488 e. The van der Waals surface area contributed by atoms with Gasteiger partial charge in [0.1, 0.15) is 11.3 Å². The molecule has 0 bridgehead atoms. The van der Waals surface area contributed by atoms with Gasteiger partial charge in [0.15, 0.2) is 5.75 Å². The highest BCUT2D eigenvalue weighted by molar-refractivity contribution is 5.67. The number of hydrogen-bond acceptors (Lipinski definition) is 6. The number of nitrogens with one attached hydrogen (secondary N) is 2. The first kappa shape index (κ1) is 17.0. The van der Waals surface area contributed by atoms with Crippen molar-refractivity contribution in [1.29, 1.82) is 0 Å². The lowest BCUT2D eigenvalue weighted by atomic mass is 10.2. The molecular formula is C14H22N2O5. The Balaban J connectivity index is 2.27. The maximum atomic E-state index is 11.4. The van der Waals surface area contributed by atoms with E-state index < -0.39 is 22.6 Å². The summed E-state index contributed by atoms with van der Waals surface area (Å²) in [6.45, 7) is 8.28. The molecule has 0 radical (unpaired) electrons. The molecule has 0 heterocycles. The van der Waals surface area contributed by atoms with Gasteiger partial charge in [0.2, 0.25) is 0 Å². The van der Waals surface area contributed by atoms with E-state index in [0.29, 0.717) is 26.1 Å². The first-order chi connectivity index (χ1) is 9.76. The van der Waals surface area contributed by atoms with Crippen molar-refractivity contribution in [3.8, 4) is 5.75 Å². The molecule has 1 aromatic carbocycles. The normalized spacial score (nSPS) is 11.2. The van der Waals surface area contributed by atoms with Crippen molar-refractivity contribution < 1.29 is 14.3 Å². The summed E-state index contributed by atoms with van der Waals surface area (Å²) in [5.74, 6) is 0.0996. The van der Waals surface area contributed by atoms with E-state index in [1.54, 1.807) is 27.7 Å². The molecule has 2 N–H and O–H groups in total. The minimum atomic E-state index is -0.591. The highest BCUT2D eigenvalue weighted by atomic mass is 16.6. The molecule has 0 aromatic heterocycles. The minimum absolute atomic E-state index is 0.0996. The van der Waals surface area contributed by atoms with Crippen molar-refractivity contribution in [1.82, 2.24) is 5.32 Å². The van der Waals surface area contributed by atoms with E-state index in [2.05, 4.69) is 10.6 Å². The number of carbonyl (C=O) groups is 1. The number of hydrogen-bond donors (Lipinski definition) is 2. The highest BCUT2D eigenvalue weighted by Gasteiger charge is 2.21. The second kappa shape index (κ2) is 7.10. The molecule has 0 saturated carbocycles. The van der Waals surface area contributed by atoms with Gasteiger partial charge >= 0.3 is 6.09 Å². The number of rotatable bonds is 7. The molecule has 0 unspecified atom stereocenters. The van der Waals surface area contributed by atoms with Crippen LogP contribution in [-0.2, 0) is 4.74 Å². The van der Waals surface area contributed by atoms with Crippen LogP contribution in [0.15, 0.2) is 9.59 Å². The van der Waals surface area contributed by atoms with E-state index >= 15 is 0 Å². The van der Waals surface area contributed by atoms with E-state index in [1.165, 1.54) is 0 Å². The van der Waals surface area contributed by atoms with Gasteiger partial charge in [-0.25, -0.2) is 4.79 Å². The van der Waals surface area contributed by atoms with Crippen molar-refractivity contribution in [2.24, 2.45) is 0 Å². The molecule has 0 fully saturated rings. The number of anilines is 1. The van der Waals surface area contributed by atoms with Gasteiger partial charge in [0.05, 0.1) is 6.61 Å². The van der Waals surface area contributed by atoms with Crippen molar-refractivity contribution in [3.63, 3.8) is 0 Å². The molecule has 118 valence electrons. The Kier molecular flexibility index (Phi) is 5.75. The lowest BCUT2D eigenvalue weighted by Crippen LogP contribution is -2.36. The summed E-state index contributed by atoms with van der Waals surface area (Å²) in [6.07, 6.45) is 0.107. The fraction of sp³-hybridized carbons (Fsp3) is 0.643. The van der Waals surface area contributed by atoms with Gasteiger partial charge in [-0.15, -0.1) is 0 Å². The standard InChI is InChI=1S/C14H22N2O5/c1-5-20-12-9(10(17)11(12)18)15-7-6-8-16-13(19)21-14(2,3)4/h15H,5-8H2,1-4H3,(H,16,19). The summed E-state index contributed by atoms with van der Waals surface area (Å²) in [7, 11) is 0. The average molecular weight is 298 g/mol. The Hall–Kier alpha value is -2.05. The topological polar surface area (TPSA) is 93.7 Å². The lowest BCUT2D eigenvalue weighted by molar-refractivity contribution is 0.0528. The van der Waals surface area contributed by atoms with Crippen molar-refractivity contribution >= 4 is 11.8 Å². The van der Waals surface area contributed by atoms with E-state index in [9.17, 15) is 14.4 Å². The molecular weight excluding hydrogens is 276 g/mol. The van der Waals surface area contributed by atoms with Crippen molar-refractivity contribution in [2.75, 3.05) is 25.0 Å². The average Bonchev–Trinajstić information content (AvgIpc) is 2.38. The molecule has 0 aliphatic carbocycles. The summed E-state index contributed by atoms with van der Waals surface area (Å²) < 4.78 is 10.2. The third-order valence-electron chi connectivity index (χ3n) is 2.48. The fourth-order valence-corrected chi connectivity index (χ4v) is 1.62. The number of carbonyl (C=O) groups excluding carboxylic acids is 1. The summed E-state index contributed by atoms with van der Waals surface area (Å²) in [5, 5.41) is 5.45. The van der Waals surface area contributed by atoms with Gasteiger partial charge in [-0.2, -0.15) is 0 Å². The van der Waals surface area contributed by atoms with Crippen LogP contribution in [0.2, 0.25) is 0 Å². The second-order valence-corrected chi connectivity index (χ2v) is 5.50. The molecule has 0 spiro atoms. The Morgan fingerprint density at radius 2 is 1.81 bits per heavy atom. The van der Waals surface area contributed by atoms with Crippen LogP contribution in [0.5, 0.6) is 5.75 Å². The van der Waals surface area contributed by atoms with Gasteiger partial charge in [-0.05, 0) is 34.1 Å². The summed E-state index contributed by atoms with van der Waals surface area (Å²) >= 11 is 0. The van der Waals surface area contributed by atoms with E-state index in [4.69, 9.17) is 9.47 Å². The molecule has 1 rings (SSSR count). The van der Waals surface area contributed by atoms with Crippen LogP contribution in [0, 0.1) is 0 Å². The largest absolute Gasteiger partial charge is 0.488 e. The molecule has 21 heavy (non-hydrogen) atoms. The number of alkyl carbamates (subject to hydrolysis) is 1. The molecule has 0 aliphatic heterocycles. The maximum Gasteiger partial charge on any atom is 0.407 e. The highest BCUT2D eigenvalue weighted by Crippen LogP contribution is 2.16. The Morgan fingerprint density at radius 1 is 1.14 bits per heavy atom. The summed E-state index contributed by atoms with van der Waals surface area (Å²) in [6, 6.07) is 0. The zero-order valence-electron chi connectivity index (χ0n) is 12.9. The Morgan fingerprint density at radius 3 is 2.38 bits per heavy atom. The van der Waals surface area contributed by atoms with E-state index in [0.717, 1.165) is 0 Å². The Bertz CT molecular complexity index is 552. The van der Waals surface area contributed by atoms with Gasteiger partial charge in [-0.1, -0.05) is 0 Å². The number of amides is 1. The first-order valence-corrected chi connectivity index (χ1v) is 6.93. The van der Waals surface area contributed by atoms with Crippen molar-refractivity contribution in [3.05, 3.63) is 20.4 Å². The van der Waals surface area contributed by atoms with Crippen LogP contribution in [0.25, 0.3) is 0 Å². The molecule has 1 amide bonds. The third kappa shape index (κ3) is 5.09. The zero-order valence-corrected chi connectivity index (χ0v) is 12.9. The monoisotopic (exact) mass is 298 g/mol. The lowest BCUT2D eigenvalue weighted by Gasteiger charge is -2.19. The predicted molar refractivity (Wildman–Crippen MR) is 79.9 cm³/mol. The van der Waals surface area contributed by atoms with E-state index in [-0.39, 0.29) is 11.4 Å². The first-order valence-electron chi connectivity index (χ1n) is 6.93. The molecule has 0 saturated heterocycles. The van der Waals surface area contributed by atoms with Crippen molar-refractivity contribution in [2.45, 2.75) is 39.7 Å². The fourth-order valence-electron chi connectivity index (χ4n) is 1.62. The van der Waals surface area contributed by atoms with Crippen LogP contribution in [0.1, 0.15) is 34.1 Å². The van der Waals surface area contributed by atoms with Crippen LogP contribution in [0.3, 0.4) is 0 Å². The smallest absolute Gasteiger partial charge is 0.407 e. The molecule has 0 atom stereocenters.